The normalized spacial score (nSPS) is 8.74. The molecule has 0 aliphatic heterocycles. The lowest BCUT2D eigenvalue weighted by atomic mass is 10.0. The summed E-state index contributed by atoms with van der Waals surface area (Å²) >= 11 is 20.6. The van der Waals surface area contributed by atoms with Crippen molar-refractivity contribution in [2.75, 3.05) is 62.6 Å². The van der Waals surface area contributed by atoms with Crippen LogP contribution >= 0.6 is 58.3 Å². The minimum absolute atomic E-state index is 0.0284. The molecule has 0 heterocycles. The average Bonchev–Trinajstić information content (AvgIpc) is 0.870. The molecule has 0 aliphatic rings. The van der Waals surface area contributed by atoms with E-state index in [1.807, 2.05) is 216 Å². The van der Waals surface area contributed by atoms with Gasteiger partial charge in [0, 0.05) is 62.1 Å². The van der Waals surface area contributed by atoms with Crippen molar-refractivity contribution < 1.29 is 33.4 Å². The van der Waals surface area contributed by atoms with Crippen LogP contribution in [-0.2, 0) is 28.7 Å². The largest absolute Gasteiger partial charge is 0.497 e. The number of thioether (sulfide) groups is 2. The first-order chi connectivity index (χ1) is 50.5. The standard InChI is InChI=1S/C10H14.C9H11NO.C9H12.C8H9NO.C8H10.C7H6Cl2.C7H7Cl.C7H9N.C7H8O.C7H8S.C5H12S.C2H6O.2C2H4O.CH2O/c1-7-5-8(2)10(4)9(3)6-7;1-7-5-3-4-6-9(7)10-8(2)11;1-7-4-5-8(2)9(3)6-7;1-7(10)9-8-5-3-2-4-6-8;1-7-5-3-4-6-8(7)2;1-5-2-3-6(8)7(9)4-5;1-6-2-4-7(8)5-3-6;3*1-8-7-5-3-2-4-6-7;1-3-4-5-6-2;1-3-2;2*1-2-3;1-2/h5-6H,1-4H3;3-6H,1-2H3,(H,10,11);4-6H,1-3H3;2-6H,1H3,(H,9,10);3-6H,1-2H3;2-4H,1H3;2-5H,1H3;2-6,8H,1H3;2*2-6H,1H3;3-5H2,1-2H3;1-2H3;2*2H,1H3;1H2. The third kappa shape index (κ3) is 64.8. The van der Waals surface area contributed by atoms with Crippen LogP contribution in [0.25, 0.3) is 0 Å². The second kappa shape index (κ2) is 73.2. The van der Waals surface area contributed by atoms with Gasteiger partial charge in [0.15, 0.2) is 0 Å². The molecular weight excluding hydrogens is 1420 g/mol. The Bertz CT molecular complexity index is 3540. The summed E-state index contributed by atoms with van der Waals surface area (Å²) in [5.41, 5.74) is 18.8. The molecule has 0 saturated heterocycles. The Balaban J connectivity index is -0.000000349. The molecule has 2 amide bonds. The molecule has 10 rings (SSSR count). The Labute approximate surface area is 663 Å². The Hall–Kier alpha value is -8.72. The highest BCUT2D eigenvalue weighted by Crippen LogP contribution is 2.22. The lowest BCUT2D eigenvalue weighted by Crippen LogP contribution is -2.06. The summed E-state index contributed by atoms with van der Waals surface area (Å²) in [6.45, 7) is 35.3. The Morgan fingerprint density at radius 1 is 0.434 bits per heavy atom. The number of nitrogens with one attached hydrogen (secondary N) is 3. The van der Waals surface area contributed by atoms with Gasteiger partial charge in [-0.3, -0.25) is 9.59 Å². The number of rotatable bonds is 8. The first-order valence-corrected chi connectivity index (χ1v) is 38.1. The van der Waals surface area contributed by atoms with Crippen LogP contribution in [0.5, 0.6) is 5.75 Å². The van der Waals surface area contributed by atoms with Gasteiger partial charge < -0.3 is 39.8 Å². The van der Waals surface area contributed by atoms with Gasteiger partial charge in [0.1, 0.15) is 25.1 Å². The maximum absolute atomic E-state index is 10.7. The molecule has 0 spiro atoms. The second-order valence-electron chi connectivity index (χ2n) is 22.8. The predicted octanol–water partition coefficient (Wildman–Crippen LogP) is 25.9. The van der Waals surface area contributed by atoms with E-state index >= 15 is 0 Å². The Kier molecular flexibility index (Phi) is 73.1. The predicted molar refractivity (Wildman–Crippen MR) is 470 cm³/mol. The minimum Gasteiger partial charge on any atom is -0.497 e. The van der Waals surface area contributed by atoms with E-state index in [1.165, 1.54) is 107 Å². The number of aryl methyl sites for hydroxylation is 11. The molecular formula is C91H122Cl3N3O7S2. The number of anilines is 3. The molecule has 106 heavy (non-hydrogen) atoms. The molecule has 0 aromatic heterocycles. The molecule has 0 unspecified atom stereocenters. The quantitative estimate of drug-likeness (QED) is 0.0765. The monoisotopic (exact) mass is 1540 g/mol. The van der Waals surface area contributed by atoms with Crippen molar-refractivity contribution in [1.29, 1.82) is 0 Å². The molecule has 0 saturated carbocycles. The van der Waals surface area contributed by atoms with Crippen molar-refractivity contribution in [1.82, 2.24) is 0 Å². The second-order valence-corrected chi connectivity index (χ2v) is 25.9. The number of benzene rings is 10. The van der Waals surface area contributed by atoms with Crippen LogP contribution in [0, 0.1) is 83.1 Å². The molecule has 0 atom stereocenters. The van der Waals surface area contributed by atoms with E-state index in [2.05, 4.69) is 169 Å². The van der Waals surface area contributed by atoms with Gasteiger partial charge in [0.2, 0.25) is 11.8 Å². The zero-order valence-electron chi connectivity index (χ0n) is 67.4. The topological polar surface area (TPSA) is 140 Å². The van der Waals surface area contributed by atoms with Crippen LogP contribution in [-0.4, -0.2) is 77.8 Å². The summed E-state index contributed by atoms with van der Waals surface area (Å²) < 4.78 is 9.16. The highest BCUT2D eigenvalue weighted by atomic mass is 35.5. The summed E-state index contributed by atoms with van der Waals surface area (Å²) in [7, 11) is 6.82. The number of halogens is 3. The fourth-order valence-electron chi connectivity index (χ4n) is 7.57. The molecule has 0 aliphatic carbocycles. The zero-order chi connectivity index (χ0) is 81.5. The Morgan fingerprint density at radius 2 is 0.802 bits per heavy atom. The van der Waals surface area contributed by atoms with Crippen molar-refractivity contribution in [3.05, 3.63) is 324 Å². The minimum atomic E-state index is -0.0359. The van der Waals surface area contributed by atoms with Crippen molar-refractivity contribution in [3.8, 4) is 5.75 Å². The van der Waals surface area contributed by atoms with Gasteiger partial charge in [0.05, 0.1) is 17.2 Å². The third-order valence-corrected chi connectivity index (χ3v) is 15.9. The maximum atomic E-state index is 10.7. The molecule has 576 valence electrons. The molecule has 0 bridgehead atoms. The van der Waals surface area contributed by atoms with E-state index in [4.69, 9.17) is 53.9 Å². The van der Waals surface area contributed by atoms with Crippen molar-refractivity contribution in [2.24, 2.45) is 0 Å². The summed E-state index contributed by atoms with van der Waals surface area (Å²) in [5, 5.41) is 10.5. The lowest BCUT2D eigenvalue weighted by molar-refractivity contribution is -0.115. The highest BCUT2D eigenvalue weighted by Gasteiger charge is 1.99. The fourth-order valence-corrected chi connectivity index (χ4v) is 9.06. The van der Waals surface area contributed by atoms with Crippen LogP contribution < -0.4 is 20.7 Å². The van der Waals surface area contributed by atoms with E-state index in [9.17, 15) is 9.59 Å². The Morgan fingerprint density at radius 3 is 1.11 bits per heavy atom. The van der Waals surface area contributed by atoms with Gasteiger partial charge in [-0.15, -0.1) is 11.8 Å². The molecule has 3 N–H and O–H groups in total. The van der Waals surface area contributed by atoms with Crippen molar-refractivity contribution in [2.45, 2.75) is 135 Å². The summed E-state index contributed by atoms with van der Waals surface area (Å²) in [6.07, 6.45) is 8.44. The van der Waals surface area contributed by atoms with E-state index in [-0.39, 0.29) is 11.8 Å². The number of carbonyl (C=O) groups excluding carboxylic acids is 5. The fraction of sp³-hybridized carbons (Fsp3) is 0.286. The van der Waals surface area contributed by atoms with Crippen molar-refractivity contribution >= 4 is 107 Å². The number of hydrogen-bond donors (Lipinski definition) is 3. The summed E-state index contributed by atoms with van der Waals surface area (Å²) in [5.74, 6) is 2.18. The van der Waals surface area contributed by atoms with Gasteiger partial charge in [-0.25, -0.2) is 0 Å². The SMILES string of the molecule is C=O.CC(=O)Nc1ccccc1.CC(=O)Nc1ccccc1C.CC=O.CC=O.CCCCSC.CNc1ccccc1.COC.COc1ccccc1.CSc1ccccc1.Cc1cc(C)c(C)c(C)c1.Cc1ccc(C)c(C)c1.Cc1ccc(Cl)c(Cl)c1.Cc1ccc(Cl)cc1.Cc1ccccc1C. The maximum Gasteiger partial charge on any atom is 0.221 e. The van der Waals surface area contributed by atoms with Crippen LogP contribution in [0.1, 0.15) is 114 Å². The van der Waals surface area contributed by atoms with Gasteiger partial charge >= 0.3 is 0 Å². The molecule has 15 heteroatoms. The summed E-state index contributed by atoms with van der Waals surface area (Å²) in [6, 6.07) is 79.7. The number of methoxy groups -OCH3 is 2. The van der Waals surface area contributed by atoms with E-state index in [0.717, 1.165) is 51.5 Å². The summed E-state index contributed by atoms with van der Waals surface area (Å²) in [4.78, 5) is 48.1. The molecule has 10 nitrogen and oxygen atoms in total. The van der Waals surface area contributed by atoms with Gasteiger partial charge in [-0.05, 0) is 251 Å². The first kappa shape index (κ1) is 106. The number of unbranched alkanes of at least 4 members (excludes halogenated alkanes) is 1. The average molecular weight is 1540 g/mol. The van der Waals surface area contributed by atoms with Crippen molar-refractivity contribution in [3.63, 3.8) is 0 Å². The third-order valence-electron chi connectivity index (χ3n) is 13.5. The van der Waals surface area contributed by atoms with E-state index < -0.39 is 0 Å². The zero-order valence-corrected chi connectivity index (χ0v) is 71.3. The van der Waals surface area contributed by atoms with Crippen LogP contribution in [0.3, 0.4) is 0 Å². The molecule has 0 fully saturated rings. The number of aldehydes is 2. The number of ether oxygens (including phenoxy) is 2. The van der Waals surface area contributed by atoms with Crippen LogP contribution in [0.15, 0.2) is 248 Å². The number of carbonyl (C=O) groups is 5. The van der Waals surface area contributed by atoms with Crippen LogP contribution in [0.2, 0.25) is 15.1 Å². The number of amides is 2. The van der Waals surface area contributed by atoms with Gasteiger partial charge in [0.25, 0.3) is 0 Å². The smallest absolute Gasteiger partial charge is 0.221 e. The van der Waals surface area contributed by atoms with Crippen LogP contribution in [0.4, 0.5) is 17.1 Å². The van der Waals surface area contributed by atoms with Gasteiger partial charge in [-0.2, -0.15) is 11.8 Å². The van der Waals surface area contributed by atoms with E-state index in [0.29, 0.717) is 10.0 Å². The highest BCUT2D eigenvalue weighted by molar-refractivity contribution is 7.98. The van der Waals surface area contributed by atoms with E-state index in [1.54, 1.807) is 39.2 Å². The number of hydrogen-bond acceptors (Lipinski definition) is 10. The molecule has 0 radical (unpaired) electrons. The molecule has 10 aromatic rings. The number of para-hydroxylation sites is 4. The first-order valence-electron chi connectivity index (χ1n) is 34.3. The lowest BCUT2D eigenvalue weighted by Gasteiger charge is -2.04. The van der Waals surface area contributed by atoms with Gasteiger partial charge in [-0.1, -0.05) is 229 Å². The molecule has 10 aromatic carbocycles.